The first kappa shape index (κ1) is 21.2. The number of carbonyl (C=O) groups is 3. The van der Waals surface area contributed by atoms with Gasteiger partial charge in [-0.15, -0.1) is 0 Å². The number of amides is 4. The van der Waals surface area contributed by atoms with Gasteiger partial charge in [-0.2, -0.15) is 0 Å². The molecule has 1 heterocycles. The Balaban J connectivity index is 1.90. The molecule has 0 fully saturated rings. The van der Waals surface area contributed by atoms with Crippen LogP contribution >= 0.6 is 0 Å². The molecule has 0 spiro atoms. The number of carbonyl (C=O) groups excluding carboxylic acids is 3. The van der Waals surface area contributed by atoms with Gasteiger partial charge in [0.1, 0.15) is 0 Å². The van der Waals surface area contributed by atoms with E-state index in [2.05, 4.69) is 31.4 Å². The van der Waals surface area contributed by atoms with E-state index in [1.54, 1.807) is 0 Å². The summed E-state index contributed by atoms with van der Waals surface area (Å²) < 4.78 is 0. The number of urea groups is 1. The average molecular weight is 351 g/mol. The monoisotopic (exact) mass is 351 g/mol. The quantitative estimate of drug-likeness (QED) is 0.444. The fourth-order valence-corrected chi connectivity index (χ4v) is 2.65. The van der Waals surface area contributed by atoms with Gasteiger partial charge in [0.2, 0.25) is 0 Å². The largest absolute Gasteiger partial charge is 0.338 e. The fraction of sp³-hybridized carbons (Fsp3) is 0.737. The van der Waals surface area contributed by atoms with Crippen LogP contribution in [-0.2, 0) is 9.59 Å². The molecule has 0 unspecified atom stereocenters. The van der Waals surface area contributed by atoms with E-state index in [1.807, 2.05) is 0 Å². The Morgan fingerprint density at radius 2 is 1.40 bits per heavy atom. The first-order valence-electron chi connectivity index (χ1n) is 9.35. The summed E-state index contributed by atoms with van der Waals surface area (Å²) in [5, 5.41) is 5.74. The summed E-state index contributed by atoms with van der Waals surface area (Å²) >= 11 is 0. The Morgan fingerprint density at radius 3 is 1.96 bits per heavy atom. The lowest BCUT2D eigenvalue weighted by Crippen LogP contribution is -2.36. The van der Waals surface area contributed by atoms with Gasteiger partial charge in [-0.25, -0.2) is 4.79 Å². The van der Waals surface area contributed by atoms with Crippen LogP contribution in [0, 0.1) is 5.41 Å². The number of unbranched alkanes of at least 4 members (excludes halogenated alkanes) is 4. The topological polar surface area (TPSA) is 78.5 Å². The highest BCUT2D eigenvalue weighted by molar-refractivity contribution is 6.12. The number of rotatable bonds is 11. The molecule has 0 saturated heterocycles. The average Bonchev–Trinajstić information content (AvgIpc) is 2.84. The smallest absolute Gasteiger partial charge is 0.314 e. The molecular weight excluding hydrogens is 318 g/mol. The van der Waals surface area contributed by atoms with Crippen molar-refractivity contribution >= 4 is 17.8 Å². The number of nitrogens with zero attached hydrogens (tertiary/aromatic N) is 1. The Bertz CT molecular complexity index is 463. The van der Waals surface area contributed by atoms with Gasteiger partial charge in [0.05, 0.1) is 0 Å². The summed E-state index contributed by atoms with van der Waals surface area (Å²) in [6.07, 6.45) is 9.54. The third kappa shape index (κ3) is 9.89. The zero-order valence-corrected chi connectivity index (χ0v) is 15.9. The van der Waals surface area contributed by atoms with Gasteiger partial charge in [-0.3, -0.25) is 14.5 Å². The molecule has 0 saturated carbocycles. The predicted octanol–water partition coefficient (Wildman–Crippen LogP) is 2.99. The summed E-state index contributed by atoms with van der Waals surface area (Å²) in [5.74, 6) is -0.434. The molecule has 0 aliphatic carbocycles. The molecule has 0 aromatic rings. The third-order valence-corrected chi connectivity index (χ3v) is 4.13. The molecule has 1 rings (SSSR count). The van der Waals surface area contributed by atoms with Crippen molar-refractivity contribution in [2.24, 2.45) is 5.41 Å². The molecule has 25 heavy (non-hydrogen) atoms. The summed E-state index contributed by atoms with van der Waals surface area (Å²) in [4.78, 5) is 35.6. The summed E-state index contributed by atoms with van der Waals surface area (Å²) in [6, 6.07) is -0.102. The molecule has 1 aliphatic rings. The highest BCUT2D eigenvalue weighted by atomic mass is 16.2. The van der Waals surface area contributed by atoms with E-state index in [0.29, 0.717) is 25.0 Å². The Labute approximate surface area is 151 Å². The molecule has 1 aliphatic heterocycles. The number of hydrogen-bond acceptors (Lipinski definition) is 3. The van der Waals surface area contributed by atoms with Crippen LogP contribution in [0.3, 0.4) is 0 Å². The summed E-state index contributed by atoms with van der Waals surface area (Å²) in [6.45, 7) is 8.53. The number of hydrogen-bond donors (Lipinski definition) is 2. The molecule has 6 heteroatoms. The minimum Gasteiger partial charge on any atom is -0.338 e. The van der Waals surface area contributed by atoms with E-state index in [4.69, 9.17) is 0 Å². The fourth-order valence-electron chi connectivity index (χ4n) is 2.65. The highest BCUT2D eigenvalue weighted by Crippen LogP contribution is 2.21. The number of nitrogens with one attached hydrogen (secondary N) is 2. The van der Waals surface area contributed by atoms with Crippen molar-refractivity contribution in [3.63, 3.8) is 0 Å². The SMILES string of the molecule is CC(C)(C)CCCCNC(=O)NCCCCCCN1C(=O)C=CC1=O. The van der Waals surface area contributed by atoms with E-state index in [-0.39, 0.29) is 17.8 Å². The maximum atomic E-state index is 11.6. The first-order chi connectivity index (χ1) is 11.8. The zero-order chi connectivity index (χ0) is 18.7. The maximum absolute atomic E-state index is 11.6. The van der Waals surface area contributed by atoms with Crippen LogP contribution in [0.5, 0.6) is 0 Å². The van der Waals surface area contributed by atoms with Gasteiger partial charge in [-0.05, 0) is 31.1 Å². The van der Waals surface area contributed by atoms with E-state index < -0.39 is 0 Å². The van der Waals surface area contributed by atoms with Crippen LogP contribution in [-0.4, -0.2) is 42.4 Å². The van der Waals surface area contributed by atoms with Gasteiger partial charge in [0.25, 0.3) is 11.8 Å². The van der Waals surface area contributed by atoms with Crippen molar-refractivity contribution in [3.8, 4) is 0 Å². The van der Waals surface area contributed by atoms with Crippen LogP contribution in [0.4, 0.5) is 4.79 Å². The molecule has 2 N–H and O–H groups in total. The van der Waals surface area contributed by atoms with Crippen LogP contribution in [0.25, 0.3) is 0 Å². The predicted molar refractivity (Wildman–Crippen MR) is 99.0 cm³/mol. The molecular formula is C19H33N3O3. The molecule has 6 nitrogen and oxygen atoms in total. The Morgan fingerprint density at radius 1 is 0.880 bits per heavy atom. The van der Waals surface area contributed by atoms with Crippen LogP contribution in [0.2, 0.25) is 0 Å². The van der Waals surface area contributed by atoms with E-state index >= 15 is 0 Å². The van der Waals surface area contributed by atoms with E-state index in [1.165, 1.54) is 23.5 Å². The van der Waals surface area contributed by atoms with Crippen LogP contribution in [0.1, 0.15) is 65.7 Å². The Hall–Kier alpha value is -1.85. The standard InChI is InChI=1S/C19H33N3O3/c1-19(2,3)12-6-8-14-21-18(25)20-13-7-4-5-9-15-22-16(23)10-11-17(22)24/h10-11H,4-9,12-15H2,1-3H3,(H2,20,21,25). The second-order valence-electron chi connectivity index (χ2n) is 7.78. The third-order valence-electron chi connectivity index (χ3n) is 4.13. The van der Waals surface area contributed by atoms with Crippen LogP contribution < -0.4 is 10.6 Å². The molecule has 4 amide bonds. The van der Waals surface area contributed by atoms with Gasteiger partial charge in [-0.1, -0.05) is 40.0 Å². The van der Waals surface area contributed by atoms with Gasteiger partial charge in [0, 0.05) is 31.8 Å². The lowest BCUT2D eigenvalue weighted by Gasteiger charge is -2.17. The molecule has 0 bridgehead atoms. The van der Waals surface area contributed by atoms with Crippen molar-refractivity contribution in [1.82, 2.24) is 15.5 Å². The van der Waals surface area contributed by atoms with Gasteiger partial charge in [0.15, 0.2) is 0 Å². The minimum absolute atomic E-state index is 0.102. The van der Waals surface area contributed by atoms with Crippen molar-refractivity contribution < 1.29 is 14.4 Å². The molecule has 0 radical (unpaired) electrons. The zero-order valence-electron chi connectivity index (χ0n) is 15.9. The van der Waals surface area contributed by atoms with Gasteiger partial charge >= 0.3 is 6.03 Å². The van der Waals surface area contributed by atoms with Crippen molar-refractivity contribution in [1.29, 1.82) is 0 Å². The highest BCUT2D eigenvalue weighted by Gasteiger charge is 2.22. The molecule has 0 aromatic carbocycles. The van der Waals surface area contributed by atoms with E-state index in [9.17, 15) is 14.4 Å². The molecule has 0 aromatic heterocycles. The summed E-state index contributed by atoms with van der Waals surface area (Å²) in [5.41, 5.74) is 0.355. The second kappa shape index (κ2) is 10.9. The first-order valence-corrected chi connectivity index (χ1v) is 9.35. The molecule has 142 valence electrons. The number of imide groups is 1. The lowest BCUT2D eigenvalue weighted by molar-refractivity contribution is -0.136. The van der Waals surface area contributed by atoms with E-state index in [0.717, 1.165) is 38.5 Å². The second-order valence-corrected chi connectivity index (χ2v) is 7.78. The van der Waals surface area contributed by atoms with Crippen molar-refractivity contribution in [2.45, 2.75) is 65.7 Å². The minimum atomic E-state index is -0.217. The normalized spacial score (nSPS) is 14.3. The Kier molecular flexibility index (Phi) is 9.24. The van der Waals surface area contributed by atoms with Crippen LogP contribution in [0.15, 0.2) is 12.2 Å². The summed E-state index contributed by atoms with van der Waals surface area (Å²) in [7, 11) is 0. The van der Waals surface area contributed by atoms with Crippen molar-refractivity contribution in [2.75, 3.05) is 19.6 Å². The lowest BCUT2D eigenvalue weighted by atomic mass is 9.90. The van der Waals surface area contributed by atoms with Gasteiger partial charge < -0.3 is 10.6 Å². The molecule has 0 atom stereocenters. The van der Waals surface area contributed by atoms with Crippen molar-refractivity contribution in [3.05, 3.63) is 12.2 Å². The maximum Gasteiger partial charge on any atom is 0.314 e.